The van der Waals surface area contributed by atoms with Gasteiger partial charge < -0.3 is 15.0 Å². The molecule has 0 saturated carbocycles. The van der Waals surface area contributed by atoms with Gasteiger partial charge in [-0.15, -0.1) is 0 Å². The first-order valence-corrected chi connectivity index (χ1v) is 4.19. The lowest BCUT2D eigenvalue weighted by Crippen LogP contribution is -2.22. The van der Waals surface area contributed by atoms with Crippen LogP contribution in [0, 0.1) is 0 Å². The number of hydrogen-bond acceptors (Lipinski definition) is 4. The Kier molecular flexibility index (Phi) is 2.02. The van der Waals surface area contributed by atoms with Crippen LogP contribution in [-0.4, -0.2) is 23.6 Å². The highest BCUT2D eigenvalue weighted by atomic mass is 16.5. The average molecular weight is 181 g/mol. The summed E-state index contributed by atoms with van der Waals surface area (Å²) in [5, 5.41) is 2.91. The van der Waals surface area contributed by atoms with Crippen molar-refractivity contribution in [2.45, 2.75) is 13.0 Å². The second-order valence-corrected chi connectivity index (χ2v) is 2.90. The number of rotatable bonds is 1. The highest BCUT2D eigenvalue weighted by Crippen LogP contribution is 2.18. The molecule has 0 bridgehead atoms. The largest absolute Gasteiger partial charge is 0.375 e. The van der Waals surface area contributed by atoms with Crippen molar-refractivity contribution in [1.82, 2.24) is 9.97 Å². The molecule has 1 aromatic rings. The van der Waals surface area contributed by atoms with Crippen LogP contribution in [0.15, 0.2) is 4.79 Å². The molecule has 0 saturated heterocycles. The fraction of sp³-hybridized carbons (Fsp3) is 0.500. The van der Waals surface area contributed by atoms with Crippen molar-refractivity contribution in [3.05, 3.63) is 21.7 Å². The van der Waals surface area contributed by atoms with Crippen LogP contribution in [0.4, 0.5) is 5.82 Å². The molecule has 0 aromatic carbocycles. The number of aromatic amines is 1. The summed E-state index contributed by atoms with van der Waals surface area (Å²) in [5.74, 6) is 0.669. The lowest BCUT2D eigenvalue weighted by atomic mass is 10.1. The van der Waals surface area contributed by atoms with Gasteiger partial charge in [0.2, 0.25) is 0 Å². The van der Waals surface area contributed by atoms with Crippen molar-refractivity contribution >= 4 is 5.82 Å². The van der Waals surface area contributed by atoms with E-state index >= 15 is 0 Å². The van der Waals surface area contributed by atoms with Gasteiger partial charge in [0.05, 0.1) is 18.9 Å². The summed E-state index contributed by atoms with van der Waals surface area (Å²) in [6.07, 6.45) is 0.801. The van der Waals surface area contributed by atoms with Crippen molar-refractivity contribution in [2.24, 2.45) is 0 Å². The zero-order valence-electron chi connectivity index (χ0n) is 7.39. The van der Waals surface area contributed by atoms with Gasteiger partial charge in [0, 0.05) is 19.0 Å². The number of fused-ring (bicyclic) bond motifs is 1. The van der Waals surface area contributed by atoms with Crippen LogP contribution in [0.3, 0.4) is 0 Å². The predicted octanol–water partition coefficient (Wildman–Crippen LogP) is -0.116. The maximum atomic E-state index is 11.1. The first-order chi connectivity index (χ1) is 6.31. The van der Waals surface area contributed by atoms with Crippen LogP contribution in [-0.2, 0) is 17.8 Å². The van der Waals surface area contributed by atoms with E-state index in [4.69, 9.17) is 4.74 Å². The molecule has 0 atom stereocenters. The Morgan fingerprint density at radius 2 is 2.46 bits per heavy atom. The summed E-state index contributed by atoms with van der Waals surface area (Å²) in [5.41, 5.74) is 1.58. The molecule has 5 nitrogen and oxygen atoms in total. The average Bonchev–Trinajstić information content (AvgIpc) is 2.16. The molecule has 0 amide bonds. The first-order valence-electron chi connectivity index (χ1n) is 4.19. The Morgan fingerprint density at radius 3 is 3.23 bits per heavy atom. The third kappa shape index (κ3) is 1.42. The van der Waals surface area contributed by atoms with Crippen LogP contribution in [0.1, 0.15) is 11.3 Å². The number of hydrogen-bond donors (Lipinski definition) is 2. The third-order valence-electron chi connectivity index (χ3n) is 2.10. The number of ether oxygens (including phenoxy) is 1. The molecule has 0 aliphatic carbocycles. The molecule has 0 radical (unpaired) electrons. The summed E-state index contributed by atoms with van der Waals surface area (Å²) in [6, 6.07) is 0. The minimum absolute atomic E-state index is 0.325. The standard InChI is InChI=1S/C8H11N3O2/c1-9-7-5-2-3-13-4-6(5)10-8(12)11-7/h2-4H2,1H3,(H2,9,10,11,12). The van der Waals surface area contributed by atoms with Crippen LogP contribution >= 0.6 is 0 Å². The summed E-state index contributed by atoms with van der Waals surface area (Å²) < 4.78 is 5.22. The van der Waals surface area contributed by atoms with E-state index in [0.29, 0.717) is 19.0 Å². The van der Waals surface area contributed by atoms with Crippen LogP contribution in [0.2, 0.25) is 0 Å². The zero-order valence-corrected chi connectivity index (χ0v) is 7.39. The second-order valence-electron chi connectivity index (χ2n) is 2.90. The molecule has 2 N–H and O–H groups in total. The number of H-pyrrole nitrogens is 1. The van der Waals surface area contributed by atoms with Gasteiger partial charge in [0.15, 0.2) is 0 Å². The molecule has 70 valence electrons. The molecule has 1 aromatic heterocycles. The van der Waals surface area contributed by atoms with E-state index in [9.17, 15) is 4.79 Å². The molecule has 0 fully saturated rings. The van der Waals surface area contributed by atoms with E-state index in [2.05, 4.69) is 15.3 Å². The maximum Gasteiger partial charge on any atom is 0.347 e. The molecule has 5 heteroatoms. The number of aromatic nitrogens is 2. The first kappa shape index (κ1) is 8.25. The van der Waals surface area contributed by atoms with Crippen molar-refractivity contribution in [2.75, 3.05) is 19.0 Å². The summed E-state index contributed by atoms with van der Waals surface area (Å²) >= 11 is 0. The van der Waals surface area contributed by atoms with Crippen molar-refractivity contribution in [3.8, 4) is 0 Å². The van der Waals surface area contributed by atoms with E-state index in [0.717, 1.165) is 17.7 Å². The quantitative estimate of drug-likeness (QED) is 0.634. The minimum atomic E-state index is -0.325. The summed E-state index contributed by atoms with van der Waals surface area (Å²) in [4.78, 5) is 17.6. The normalized spacial score (nSPS) is 15.2. The van der Waals surface area contributed by atoms with Gasteiger partial charge in [0.25, 0.3) is 0 Å². The number of anilines is 1. The fourth-order valence-corrected chi connectivity index (χ4v) is 1.49. The van der Waals surface area contributed by atoms with Gasteiger partial charge in [-0.2, -0.15) is 4.98 Å². The smallest absolute Gasteiger partial charge is 0.347 e. The maximum absolute atomic E-state index is 11.1. The molecular formula is C8H11N3O2. The van der Waals surface area contributed by atoms with Gasteiger partial charge in [0.1, 0.15) is 5.82 Å². The molecule has 0 spiro atoms. The van der Waals surface area contributed by atoms with E-state index in [1.54, 1.807) is 7.05 Å². The molecular weight excluding hydrogens is 170 g/mol. The molecule has 0 unspecified atom stereocenters. The Bertz CT molecular complexity index is 352. The number of nitrogens with zero attached hydrogens (tertiary/aromatic N) is 1. The monoisotopic (exact) mass is 181 g/mol. The lowest BCUT2D eigenvalue weighted by molar-refractivity contribution is 0.107. The Labute approximate surface area is 75.1 Å². The molecule has 2 heterocycles. The van der Waals surface area contributed by atoms with Gasteiger partial charge in [-0.25, -0.2) is 4.79 Å². The summed E-state index contributed by atoms with van der Waals surface area (Å²) in [6.45, 7) is 1.16. The van der Waals surface area contributed by atoms with Gasteiger partial charge >= 0.3 is 5.69 Å². The van der Waals surface area contributed by atoms with Crippen molar-refractivity contribution < 1.29 is 4.74 Å². The van der Waals surface area contributed by atoms with E-state index in [1.807, 2.05) is 0 Å². The van der Waals surface area contributed by atoms with Crippen molar-refractivity contribution in [1.29, 1.82) is 0 Å². The molecule has 1 aliphatic heterocycles. The zero-order chi connectivity index (χ0) is 9.26. The van der Waals surface area contributed by atoms with Crippen LogP contribution in [0.25, 0.3) is 0 Å². The van der Waals surface area contributed by atoms with Gasteiger partial charge in [-0.3, -0.25) is 0 Å². The highest BCUT2D eigenvalue weighted by molar-refractivity contribution is 5.45. The van der Waals surface area contributed by atoms with Gasteiger partial charge in [-0.1, -0.05) is 0 Å². The highest BCUT2D eigenvalue weighted by Gasteiger charge is 2.15. The molecule has 2 rings (SSSR count). The van der Waals surface area contributed by atoms with Crippen LogP contribution in [0.5, 0.6) is 0 Å². The summed E-state index contributed by atoms with van der Waals surface area (Å²) in [7, 11) is 1.76. The Balaban J connectivity index is 2.57. The van der Waals surface area contributed by atoms with Crippen LogP contribution < -0.4 is 11.0 Å². The predicted molar refractivity (Wildman–Crippen MR) is 47.8 cm³/mol. The SMILES string of the molecule is CNc1nc(=O)[nH]c2c1CCOC2. The third-order valence-corrected chi connectivity index (χ3v) is 2.10. The molecule has 13 heavy (non-hydrogen) atoms. The lowest BCUT2D eigenvalue weighted by Gasteiger charge is -2.17. The van der Waals surface area contributed by atoms with E-state index < -0.39 is 0 Å². The second kappa shape index (κ2) is 3.18. The topological polar surface area (TPSA) is 67.0 Å². The number of nitrogens with one attached hydrogen (secondary N) is 2. The fourth-order valence-electron chi connectivity index (χ4n) is 1.49. The minimum Gasteiger partial charge on any atom is -0.375 e. The van der Waals surface area contributed by atoms with Gasteiger partial charge in [-0.05, 0) is 0 Å². The molecule has 1 aliphatic rings. The van der Waals surface area contributed by atoms with E-state index in [1.165, 1.54) is 0 Å². The van der Waals surface area contributed by atoms with Crippen molar-refractivity contribution in [3.63, 3.8) is 0 Å². The Hall–Kier alpha value is -1.36. The Morgan fingerprint density at radius 1 is 1.62 bits per heavy atom. The van der Waals surface area contributed by atoms with E-state index in [-0.39, 0.29) is 5.69 Å².